The van der Waals surface area contributed by atoms with E-state index in [-0.39, 0.29) is 60.4 Å². The highest BCUT2D eigenvalue weighted by Crippen LogP contribution is 2.34. The third kappa shape index (κ3) is 9.20. The molecule has 2 aliphatic heterocycles. The fourth-order valence-corrected chi connectivity index (χ4v) is 8.12. The van der Waals surface area contributed by atoms with Crippen molar-refractivity contribution in [3.8, 4) is 0 Å². The van der Waals surface area contributed by atoms with Crippen LogP contribution in [0.5, 0.6) is 0 Å². The SMILES string of the molecule is CC(=O)c1ccc2[nH]c(C(=O)N[C@H]3CC[C@H](N(C)C)C[C@H]4CC[C@@H](C(=O)N[C@@H](CCC(N)=O)C(=O)CC(c5ccccc5)c5ccccc5)N4C3=O)cc2c1. The highest BCUT2D eigenvalue weighted by molar-refractivity contribution is 6.03. The van der Waals surface area contributed by atoms with Crippen molar-refractivity contribution >= 4 is 46.1 Å². The first-order valence-electron chi connectivity index (χ1n) is 19.0. The fourth-order valence-electron chi connectivity index (χ4n) is 8.12. The van der Waals surface area contributed by atoms with E-state index < -0.39 is 35.8 Å². The van der Waals surface area contributed by atoms with E-state index in [0.717, 1.165) is 11.1 Å². The van der Waals surface area contributed by atoms with Crippen LogP contribution in [-0.4, -0.2) is 94.3 Å². The van der Waals surface area contributed by atoms with Crippen molar-refractivity contribution in [3.63, 3.8) is 0 Å². The summed E-state index contributed by atoms with van der Waals surface area (Å²) in [7, 11) is 3.97. The molecule has 0 saturated carbocycles. The van der Waals surface area contributed by atoms with E-state index in [2.05, 4.69) is 20.5 Å². The predicted octanol–water partition coefficient (Wildman–Crippen LogP) is 4.48. The molecule has 4 aromatic rings. The summed E-state index contributed by atoms with van der Waals surface area (Å²) in [5, 5.41) is 6.58. The summed E-state index contributed by atoms with van der Waals surface area (Å²) < 4.78 is 0. The van der Waals surface area contributed by atoms with Crippen LogP contribution in [0.3, 0.4) is 0 Å². The minimum Gasteiger partial charge on any atom is -0.370 e. The molecule has 55 heavy (non-hydrogen) atoms. The van der Waals surface area contributed by atoms with Crippen LogP contribution < -0.4 is 16.4 Å². The monoisotopic (exact) mass is 746 g/mol. The summed E-state index contributed by atoms with van der Waals surface area (Å²) in [4.78, 5) is 87.2. The second-order valence-corrected chi connectivity index (χ2v) is 15.1. The number of hydrogen-bond donors (Lipinski definition) is 4. The van der Waals surface area contributed by atoms with Crippen LogP contribution in [-0.2, 0) is 19.2 Å². The van der Waals surface area contributed by atoms with E-state index in [1.165, 1.54) is 6.92 Å². The van der Waals surface area contributed by atoms with Gasteiger partial charge >= 0.3 is 0 Å². The van der Waals surface area contributed by atoms with Gasteiger partial charge in [0.15, 0.2) is 11.6 Å². The zero-order chi connectivity index (χ0) is 39.2. The van der Waals surface area contributed by atoms with Gasteiger partial charge in [0.2, 0.25) is 17.7 Å². The van der Waals surface area contributed by atoms with Crippen LogP contribution in [0.15, 0.2) is 84.9 Å². The Labute approximate surface area is 321 Å². The van der Waals surface area contributed by atoms with Gasteiger partial charge in [0.25, 0.3) is 5.91 Å². The van der Waals surface area contributed by atoms with E-state index in [9.17, 15) is 28.8 Å². The molecular formula is C43H50N6O6. The summed E-state index contributed by atoms with van der Waals surface area (Å²) in [5.41, 5.74) is 8.88. The summed E-state index contributed by atoms with van der Waals surface area (Å²) in [5.74, 6) is -2.49. The van der Waals surface area contributed by atoms with Gasteiger partial charge in [-0.05, 0) is 94.9 Å². The Morgan fingerprint density at radius 3 is 2.18 bits per heavy atom. The fraction of sp³-hybridized carbons (Fsp3) is 0.395. The summed E-state index contributed by atoms with van der Waals surface area (Å²) in [6.45, 7) is 1.48. The number of Topliss-reactive ketones (excluding diaryl/α,β-unsaturated/α-hetero) is 2. The zero-order valence-corrected chi connectivity index (χ0v) is 31.6. The van der Waals surface area contributed by atoms with E-state index in [1.807, 2.05) is 74.8 Å². The number of nitrogens with two attached hydrogens (primary N) is 1. The number of amides is 4. The maximum absolute atomic E-state index is 14.5. The molecule has 0 spiro atoms. The maximum atomic E-state index is 14.5. The number of nitrogens with zero attached hydrogens (tertiary/aromatic N) is 2. The molecule has 1 aromatic heterocycles. The Kier molecular flexibility index (Phi) is 12.2. The van der Waals surface area contributed by atoms with Crippen molar-refractivity contribution in [1.82, 2.24) is 25.4 Å². The molecule has 2 saturated heterocycles. The van der Waals surface area contributed by atoms with Crippen LogP contribution in [0.1, 0.15) is 96.2 Å². The number of carbonyl (C=O) groups is 6. The first-order chi connectivity index (χ1) is 26.4. The van der Waals surface area contributed by atoms with Crippen molar-refractivity contribution in [2.75, 3.05) is 14.1 Å². The van der Waals surface area contributed by atoms with Gasteiger partial charge in [0.1, 0.15) is 17.8 Å². The topological polar surface area (TPSA) is 175 Å². The molecule has 0 bridgehead atoms. The van der Waals surface area contributed by atoms with E-state index in [0.29, 0.717) is 48.6 Å². The third-order valence-corrected chi connectivity index (χ3v) is 11.2. The van der Waals surface area contributed by atoms with Crippen LogP contribution in [0.25, 0.3) is 10.9 Å². The van der Waals surface area contributed by atoms with Crippen LogP contribution >= 0.6 is 0 Å². The van der Waals surface area contributed by atoms with Gasteiger partial charge in [-0.1, -0.05) is 60.7 Å². The molecule has 4 amide bonds. The Morgan fingerprint density at radius 1 is 0.891 bits per heavy atom. The van der Waals surface area contributed by atoms with Crippen LogP contribution in [0.4, 0.5) is 0 Å². The number of primary amides is 1. The van der Waals surface area contributed by atoms with Crippen LogP contribution in [0, 0.1) is 0 Å². The van der Waals surface area contributed by atoms with E-state index in [4.69, 9.17) is 5.73 Å². The molecule has 5 atom stereocenters. The second-order valence-electron chi connectivity index (χ2n) is 15.1. The lowest BCUT2D eigenvalue weighted by atomic mass is 9.85. The number of carbonyl (C=O) groups excluding carboxylic acids is 6. The van der Waals surface area contributed by atoms with Gasteiger partial charge in [-0.15, -0.1) is 0 Å². The van der Waals surface area contributed by atoms with Crippen molar-refractivity contribution < 1.29 is 28.8 Å². The summed E-state index contributed by atoms with van der Waals surface area (Å²) in [6, 6.07) is 23.2. The smallest absolute Gasteiger partial charge is 0.268 e. The molecule has 0 radical (unpaired) electrons. The Hall–Kier alpha value is -5.62. The van der Waals surface area contributed by atoms with Crippen molar-refractivity contribution in [3.05, 3.63) is 107 Å². The molecule has 0 unspecified atom stereocenters. The molecule has 12 nitrogen and oxygen atoms in total. The second kappa shape index (κ2) is 17.2. The molecule has 0 aliphatic carbocycles. The number of fused-ring (bicyclic) bond motifs is 2. The molecular weight excluding hydrogens is 697 g/mol. The molecule has 3 heterocycles. The largest absolute Gasteiger partial charge is 0.370 e. The first-order valence-corrected chi connectivity index (χ1v) is 19.0. The molecule has 6 rings (SSSR count). The number of hydrogen-bond acceptors (Lipinski definition) is 7. The normalized spacial score (nSPS) is 20.5. The standard InChI is InChI=1S/C43H50N6O6/c1-26(50)29-14-17-34-30(22-29)23-37(45-34)41(53)47-36-18-15-31(48(2)3)24-32-16-20-38(49(32)43(36)55)42(54)46-35(19-21-40(44)52)39(51)25-33(27-10-6-4-7-11-27)28-12-8-5-9-13-28/h4-14,17,22-23,31-33,35-36,38,45H,15-16,18-21,24-25H2,1-3H3,(H2,44,52)(H,46,54)(H,47,53)/t31-,32+,35-,36-,38-/m0/s1. The quantitative estimate of drug-likeness (QED) is 0.138. The van der Waals surface area contributed by atoms with E-state index in [1.54, 1.807) is 29.2 Å². The predicted molar refractivity (Wildman–Crippen MR) is 209 cm³/mol. The van der Waals surface area contributed by atoms with Gasteiger partial charge in [-0.25, -0.2) is 0 Å². The maximum Gasteiger partial charge on any atom is 0.268 e. The number of aromatic nitrogens is 1. The number of rotatable bonds is 14. The minimum atomic E-state index is -1.01. The molecule has 288 valence electrons. The number of H-pyrrole nitrogens is 1. The average Bonchev–Trinajstić information content (AvgIpc) is 3.80. The lowest BCUT2D eigenvalue weighted by Crippen LogP contribution is -2.59. The molecule has 5 N–H and O–H groups in total. The summed E-state index contributed by atoms with van der Waals surface area (Å²) in [6.07, 6.45) is 2.65. The van der Waals surface area contributed by atoms with Gasteiger partial charge < -0.3 is 31.2 Å². The lowest BCUT2D eigenvalue weighted by Gasteiger charge is -2.39. The number of nitrogens with one attached hydrogen (secondary N) is 3. The van der Waals surface area contributed by atoms with Crippen molar-refractivity contribution in [2.24, 2.45) is 5.73 Å². The van der Waals surface area contributed by atoms with Gasteiger partial charge in [0, 0.05) is 47.3 Å². The number of benzene rings is 3. The average molecular weight is 747 g/mol. The molecule has 12 heteroatoms. The van der Waals surface area contributed by atoms with Crippen LogP contribution in [0.2, 0.25) is 0 Å². The third-order valence-electron chi connectivity index (χ3n) is 11.2. The minimum absolute atomic E-state index is 0.0279. The first kappa shape index (κ1) is 39.1. The Bertz CT molecular complexity index is 2010. The Balaban J connectivity index is 1.23. The van der Waals surface area contributed by atoms with E-state index >= 15 is 0 Å². The van der Waals surface area contributed by atoms with Gasteiger partial charge in [0.05, 0.1) is 6.04 Å². The lowest BCUT2D eigenvalue weighted by molar-refractivity contribution is -0.143. The highest BCUT2D eigenvalue weighted by Gasteiger charge is 2.46. The van der Waals surface area contributed by atoms with Crippen molar-refractivity contribution in [2.45, 2.75) is 94.4 Å². The summed E-state index contributed by atoms with van der Waals surface area (Å²) >= 11 is 0. The van der Waals surface area contributed by atoms with Crippen molar-refractivity contribution in [1.29, 1.82) is 0 Å². The molecule has 2 fully saturated rings. The Morgan fingerprint density at radius 2 is 1.56 bits per heavy atom. The number of aromatic amines is 1. The van der Waals surface area contributed by atoms with Gasteiger partial charge in [-0.3, -0.25) is 28.8 Å². The van der Waals surface area contributed by atoms with Gasteiger partial charge in [-0.2, -0.15) is 0 Å². The molecule has 3 aromatic carbocycles. The highest BCUT2D eigenvalue weighted by atomic mass is 16.2. The number of ketones is 2. The molecule has 2 aliphatic rings. The zero-order valence-electron chi connectivity index (χ0n) is 31.6.